The van der Waals surface area contributed by atoms with Crippen LogP contribution in [0.3, 0.4) is 0 Å². The molecule has 14 heavy (non-hydrogen) atoms. The van der Waals surface area contributed by atoms with Crippen LogP contribution in [0.1, 0.15) is 26.2 Å². The molecule has 0 saturated carbocycles. The van der Waals surface area contributed by atoms with Crippen molar-refractivity contribution in [3.05, 3.63) is 12.1 Å². The predicted molar refractivity (Wildman–Crippen MR) is 51.4 cm³/mol. The molecule has 0 amide bonds. The molecule has 0 spiro atoms. The van der Waals surface area contributed by atoms with Gasteiger partial charge < -0.3 is 20.4 Å². The summed E-state index contributed by atoms with van der Waals surface area (Å²) in [5.41, 5.74) is 0. The van der Waals surface area contributed by atoms with Gasteiger partial charge in [-0.1, -0.05) is 6.42 Å². The predicted octanol–water partition coefficient (Wildman–Crippen LogP) is 1.27. The van der Waals surface area contributed by atoms with Gasteiger partial charge in [-0.15, -0.1) is 0 Å². The summed E-state index contributed by atoms with van der Waals surface area (Å²) in [6.07, 6.45) is 3.55. The maximum Gasteiger partial charge on any atom is 0.230 e. The Bertz CT molecular complexity index is 248. The van der Waals surface area contributed by atoms with Crippen LogP contribution in [0.2, 0.25) is 0 Å². The van der Waals surface area contributed by atoms with Gasteiger partial charge in [-0.05, 0) is 32.9 Å². The summed E-state index contributed by atoms with van der Waals surface area (Å²) in [4.78, 5) is 2.08. The third kappa shape index (κ3) is 1.53. The third-order valence-electron chi connectivity index (χ3n) is 2.77. The summed E-state index contributed by atoms with van der Waals surface area (Å²) in [6, 6.07) is 0. The SMILES string of the molecule is C[C-]1OC(N2CCCCC2)C(O)=[N+]1[NH-]. The van der Waals surface area contributed by atoms with Crippen molar-refractivity contribution < 1.29 is 14.5 Å². The maximum absolute atomic E-state index is 9.65. The van der Waals surface area contributed by atoms with Crippen molar-refractivity contribution >= 4 is 5.90 Å². The van der Waals surface area contributed by atoms with Gasteiger partial charge >= 0.3 is 0 Å². The molecule has 80 valence electrons. The minimum Gasteiger partial charge on any atom is -0.545 e. The van der Waals surface area contributed by atoms with Crippen molar-refractivity contribution in [1.29, 1.82) is 0 Å². The number of ether oxygens (including phenoxy) is 1. The lowest BCUT2D eigenvalue weighted by atomic mass is 10.1. The summed E-state index contributed by atoms with van der Waals surface area (Å²) in [6.45, 7) is 3.57. The summed E-state index contributed by atoms with van der Waals surface area (Å²) in [7, 11) is 0. The number of hydrogen-bond donors (Lipinski definition) is 1. The van der Waals surface area contributed by atoms with Crippen LogP contribution in [-0.2, 0) is 4.74 Å². The van der Waals surface area contributed by atoms with Gasteiger partial charge in [-0.3, -0.25) is 4.90 Å². The second-order valence-electron chi connectivity index (χ2n) is 3.78. The first-order valence-corrected chi connectivity index (χ1v) is 5.01. The molecule has 2 aliphatic heterocycles. The molecule has 1 saturated heterocycles. The molecule has 0 aliphatic carbocycles. The quantitative estimate of drug-likeness (QED) is 0.510. The Morgan fingerprint density at radius 2 is 2.14 bits per heavy atom. The summed E-state index contributed by atoms with van der Waals surface area (Å²) in [5.74, 6) is 7.44. The Hall–Kier alpha value is -0.940. The van der Waals surface area contributed by atoms with Crippen LogP contribution in [0, 0.1) is 6.23 Å². The van der Waals surface area contributed by atoms with Crippen molar-refractivity contribution in [2.24, 2.45) is 0 Å². The van der Waals surface area contributed by atoms with Crippen molar-refractivity contribution in [3.63, 3.8) is 0 Å². The standard InChI is InChI=1S/C9H16N3O2/c1-7-12(10)8(13)9(14-7)11-5-3-2-4-6-11/h9-10,13H,2-6H2,1H3/q-1. The lowest BCUT2D eigenvalue weighted by Gasteiger charge is -2.32. The molecular formula is C9H16N3O2-. The molecule has 2 aliphatic rings. The lowest BCUT2D eigenvalue weighted by Crippen LogP contribution is -2.44. The topological polar surface area (TPSA) is 59.5 Å². The van der Waals surface area contributed by atoms with Crippen LogP contribution in [-0.4, -0.2) is 39.9 Å². The zero-order valence-corrected chi connectivity index (χ0v) is 8.36. The van der Waals surface area contributed by atoms with Crippen LogP contribution in [0.25, 0.3) is 5.84 Å². The van der Waals surface area contributed by atoms with Crippen LogP contribution >= 0.6 is 0 Å². The average Bonchev–Trinajstić information content (AvgIpc) is 2.47. The van der Waals surface area contributed by atoms with Crippen LogP contribution < -0.4 is 0 Å². The zero-order valence-electron chi connectivity index (χ0n) is 8.36. The molecule has 1 fully saturated rings. The number of nitrogens with one attached hydrogen (secondary N) is 1. The van der Waals surface area contributed by atoms with Crippen molar-refractivity contribution in [1.82, 2.24) is 4.90 Å². The third-order valence-corrected chi connectivity index (χ3v) is 2.77. The molecule has 0 radical (unpaired) electrons. The van der Waals surface area contributed by atoms with Gasteiger partial charge in [0.25, 0.3) is 0 Å². The minimum atomic E-state index is -0.423. The smallest absolute Gasteiger partial charge is 0.230 e. The van der Waals surface area contributed by atoms with E-state index in [4.69, 9.17) is 10.6 Å². The van der Waals surface area contributed by atoms with Gasteiger partial charge in [0, 0.05) is 0 Å². The Balaban J connectivity index is 2.05. The highest BCUT2D eigenvalue weighted by atomic mass is 16.6. The van der Waals surface area contributed by atoms with E-state index in [0.717, 1.165) is 30.6 Å². The second-order valence-corrected chi connectivity index (χ2v) is 3.78. The number of aliphatic hydroxyl groups excluding tert-OH is 1. The van der Waals surface area contributed by atoms with E-state index in [9.17, 15) is 5.11 Å². The maximum atomic E-state index is 9.65. The summed E-state index contributed by atoms with van der Waals surface area (Å²) >= 11 is 0. The van der Waals surface area contributed by atoms with E-state index < -0.39 is 6.23 Å². The molecular weight excluding hydrogens is 182 g/mol. The van der Waals surface area contributed by atoms with Crippen molar-refractivity contribution in [3.8, 4) is 0 Å². The highest BCUT2D eigenvalue weighted by Crippen LogP contribution is 2.22. The summed E-state index contributed by atoms with van der Waals surface area (Å²) < 4.78 is 6.38. The molecule has 2 heterocycles. The molecule has 2 rings (SSSR count). The minimum absolute atomic E-state index is 0.00981. The highest BCUT2D eigenvalue weighted by Gasteiger charge is 2.31. The first kappa shape index (κ1) is 9.61. The number of aliphatic hydroxyl groups is 1. The van der Waals surface area contributed by atoms with Gasteiger partial charge in [0.05, 0.1) is 0 Å². The van der Waals surface area contributed by atoms with Gasteiger partial charge in [-0.2, -0.15) is 0 Å². The monoisotopic (exact) mass is 198 g/mol. The van der Waals surface area contributed by atoms with Gasteiger partial charge in [-0.25, -0.2) is 0 Å². The average molecular weight is 198 g/mol. The molecule has 5 heteroatoms. The number of rotatable bonds is 1. The van der Waals surface area contributed by atoms with Gasteiger partial charge in [0.15, 0.2) is 6.23 Å². The normalized spacial score (nSPS) is 30.1. The molecule has 0 aromatic heterocycles. The fourth-order valence-electron chi connectivity index (χ4n) is 1.93. The number of hydrogen-bond acceptors (Lipinski definition) is 2. The van der Waals surface area contributed by atoms with Gasteiger partial charge in [0.1, 0.15) is 6.23 Å². The van der Waals surface area contributed by atoms with E-state index in [1.54, 1.807) is 6.92 Å². The first-order chi connectivity index (χ1) is 6.70. The lowest BCUT2D eigenvalue weighted by molar-refractivity contribution is -0.475. The molecule has 0 bridgehead atoms. The molecule has 1 atom stereocenters. The largest absolute Gasteiger partial charge is 0.545 e. The molecule has 0 aromatic rings. The molecule has 5 nitrogen and oxygen atoms in total. The second kappa shape index (κ2) is 3.67. The van der Waals surface area contributed by atoms with E-state index in [1.165, 1.54) is 6.42 Å². The van der Waals surface area contributed by atoms with E-state index >= 15 is 0 Å². The van der Waals surface area contributed by atoms with Crippen LogP contribution in [0.15, 0.2) is 0 Å². The van der Waals surface area contributed by atoms with E-state index in [-0.39, 0.29) is 5.90 Å². The van der Waals surface area contributed by atoms with Crippen LogP contribution in [0.4, 0.5) is 0 Å². The molecule has 0 aromatic carbocycles. The Morgan fingerprint density at radius 3 is 2.64 bits per heavy atom. The number of nitrogens with zero attached hydrogens (tertiary/aromatic N) is 2. The molecule has 1 unspecified atom stereocenters. The fraction of sp³-hybridized carbons (Fsp3) is 0.778. The van der Waals surface area contributed by atoms with Crippen molar-refractivity contribution in [2.45, 2.75) is 32.4 Å². The fourth-order valence-corrected chi connectivity index (χ4v) is 1.93. The Morgan fingerprint density at radius 1 is 1.50 bits per heavy atom. The number of likely N-dealkylation sites (tertiary alicyclic amines) is 1. The van der Waals surface area contributed by atoms with Crippen molar-refractivity contribution in [2.75, 3.05) is 13.1 Å². The first-order valence-electron chi connectivity index (χ1n) is 5.01. The Kier molecular flexibility index (Phi) is 2.52. The van der Waals surface area contributed by atoms with E-state index in [1.807, 2.05) is 0 Å². The highest BCUT2D eigenvalue weighted by molar-refractivity contribution is 5.74. The van der Waals surface area contributed by atoms with E-state index in [2.05, 4.69) is 4.90 Å². The van der Waals surface area contributed by atoms with Crippen LogP contribution in [0.5, 0.6) is 0 Å². The summed E-state index contributed by atoms with van der Waals surface area (Å²) in [5, 5.41) is 9.65. The van der Waals surface area contributed by atoms with E-state index in [0.29, 0.717) is 6.23 Å². The zero-order chi connectivity index (χ0) is 10.1. The Labute approximate surface area is 83.7 Å². The van der Waals surface area contributed by atoms with Gasteiger partial charge in [0.2, 0.25) is 5.90 Å². The molecule has 2 N–H and O–H groups in total. The number of piperidine rings is 1.